The number of nitrogens with two attached hydrogens (primary N) is 1. The number of nitrogens with zero attached hydrogens (tertiary/aromatic N) is 1. The van der Waals surface area contributed by atoms with Gasteiger partial charge in [0, 0.05) is 18.6 Å². The molecule has 0 radical (unpaired) electrons. The zero-order valence-corrected chi connectivity index (χ0v) is 13.1. The van der Waals surface area contributed by atoms with Crippen molar-refractivity contribution in [3.05, 3.63) is 35.4 Å². The molecule has 1 unspecified atom stereocenters. The topological polar surface area (TPSA) is 29.3 Å². The molecule has 2 rings (SSSR count). The fourth-order valence-corrected chi connectivity index (χ4v) is 3.58. The number of aryl methyl sites for hydroxylation is 1. The maximum absolute atomic E-state index is 6.12. The quantitative estimate of drug-likeness (QED) is 0.852. The van der Waals surface area contributed by atoms with Crippen LogP contribution in [0.25, 0.3) is 0 Å². The van der Waals surface area contributed by atoms with Crippen LogP contribution in [-0.4, -0.2) is 24.0 Å². The number of rotatable bonds is 6. The molecular formula is C18H30N2. The maximum Gasteiger partial charge on any atom is 0.0473 e. The Kier molecular flexibility index (Phi) is 6.06. The molecule has 0 amide bonds. The van der Waals surface area contributed by atoms with Crippen molar-refractivity contribution in [2.45, 2.75) is 64.5 Å². The predicted molar refractivity (Wildman–Crippen MR) is 86.9 cm³/mol. The monoisotopic (exact) mass is 274 g/mol. The molecule has 2 N–H and O–H groups in total. The van der Waals surface area contributed by atoms with E-state index < -0.39 is 0 Å². The third-order valence-electron chi connectivity index (χ3n) is 4.81. The minimum atomic E-state index is 0.383. The van der Waals surface area contributed by atoms with E-state index in [1.54, 1.807) is 0 Å². The van der Waals surface area contributed by atoms with Crippen molar-refractivity contribution < 1.29 is 0 Å². The molecule has 1 aliphatic carbocycles. The Bertz CT molecular complexity index is 379. The van der Waals surface area contributed by atoms with E-state index in [4.69, 9.17) is 5.73 Å². The van der Waals surface area contributed by atoms with Crippen LogP contribution >= 0.6 is 0 Å². The van der Waals surface area contributed by atoms with Gasteiger partial charge in [0.2, 0.25) is 0 Å². The lowest BCUT2D eigenvalue weighted by Gasteiger charge is -2.39. The molecule has 1 saturated carbocycles. The van der Waals surface area contributed by atoms with E-state index in [2.05, 4.69) is 43.0 Å². The van der Waals surface area contributed by atoms with Crippen LogP contribution in [0.3, 0.4) is 0 Å². The van der Waals surface area contributed by atoms with E-state index in [9.17, 15) is 0 Å². The summed E-state index contributed by atoms with van der Waals surface area (Å²) >= 11 is 0. The molecule has 0 heterocycles. The number of likely N-dealkylation sites (N-methyl/N-ethyl adjacent to an activating group) is 1. The Morgan fingerprint density at radius 1 is 1.10 bits per heavy atom. The molecule has 1 aliphatic rings. The van der Waals surface area contributed by atoms with Crippen LogP contribution in [0.2, 0.25) is 0 Å². The van der Waals surface area contributed by atoms with Gasteiger partial charge < -0.3 is 5.73 Å². The maximum atomic E-state index is 6.12. The average Bonchev–Trinajstić information content (AvgIpc) is 2.53. The third kappa shape index (κ3) is 3.62. The predicted octanol–water partition coefficient (Wildman–Crippen LogP) is 3.90. The summed E-state index contributed by atoms with van der Waals surface area (Å²) in [5, 5.41) is 0. The van der Waals surface area contributed by atoms with E-state index in [1.165, 1.54) is 43.2 Å². The molecule has 20 heavy (non-hydrogen) atoms. The first-order valence-electron chi connectivity index (χ1n) is 8.34. The molecule has 1 fully saturated rings. The minimum absolute atomic E-state index is 0.383. The lowest BCUT2D eigenvalue weighted by molar-refractivity contribution is 0.114. The summed E-state index contributed by atoms with van der Waals surface area (Å²) < 4.78 is 0. The Morgan fingerprint density at radius 2 is 1.75 bits per heavy atom. The standard InChI is InChI=1S/C18H30N2/c1-3-15-10-12-16(13-11-15)18(14-19)20(4-2)17-8-6-5-7-9-17/h10-13,17-18H,3-9,14,19H2,1-2H3. The lowest BCUT2D eigenvalue weighted by Crippen LogP contribution is -2.42. The first-order valence-corrected chi connectivity index (χ1v) is 8.34. The molecule has 1 atom stereocenters. The van der Waals surface area contributed by atoms with Gasteiger partial charge in [0.15, 0.2) is 0 Å². The number of hydrogen-bond acceptors (Lipinski definition) is 2. The Hall–Kier alpha value is -0.860. The minimum Gasteiger partial charge on any atom is -0.329 e. The van der Waals surface area contributed by atoms with Gasteiger partial charge in [0.1, 0.15) is 0 Å². The Balaban J connectivity index is 2.14. The number of hydrogen-bond donors (Lipinski definition) is 1. The molecule has 1 aromatic carbocycles. The van der Waals surface area contributed by atoms with Gasteiger partial charge in [-0.2, -0.15) is 0 Å². The fraction of sp³-hybridized carbons (Fsp3) is 0.667. The zero-order valence-electron chi connectivity index (χ0n) is 13.1. The molecule has 1 aromatic rings. The summed E-state index contributed by atoms with van der Waals surface area (Å²) in [5.74, 6) is 0. The SMILES string of the molecule is CCc1ccc(C(CN)N(CC)C2CCCCC2)cc1. The molecule has 0 aromatic heterocycles. The first-order chi connectivity index (χ1) is 9.80. The molecule has 0 bridgehead atoms. The molecule has 2 nitrogen and oxygen atoms in total. The lowest BCUT2D eigenvalue weighted by atomic mass is 9.91. The Morgan fingerprint density at radius 3 is 2.25 bits per heavy atom. The second kappa shape index (κ2) is 7.80. The van der Waals surface area contributed by atoms with Crippen LogP contribution in [0.15, 0.2) is 24.3 Å². The van der Waals surface area contributed by atoms with E-state index >= 15 is 0 Å². The van der Waals surface area contributed by atoms with Gasteiger partial charge in [-0.25, -0.2) is 0 Å². The van der Waals surface area contributed by atoms with Gasteiger partial charge >= 0.3 is 0 Å². The van der Waals surface area contributed by atoms with Crippen molar-refractivity contribution in [1.29, 1.82) is 0 Å². The van der Waals surface area contributed by atoms with Crippen molar-refractivity contribution in [2.75, 3.05) is 13.1 Å². The van der Waals surface area contributed by atoms with Crippen LogP contribution < -0.4 is 5.73 Å². The summed E-state index contributed by atoms with van der Waals surface area (Å²) in [7, 11) is 0. The first kappa shape index (κ1) is 15.5. The highest BCUT2D eigenvalue weighted by Gasteiger charge is 2.26. The van der Waals surface area contributed by atoms with Gasteiger partial charge in [0.05, 0.1) is 0 Å². The van der Waals surface area contributed by atoms with Crippen molar-refractivity contribution in [1.82, 2.24) is 4.90 Å². The molecular weight excluding hydrogens is 244 g/mol. The number of benzene rings is 1. The third-order valence-corrected chi connectivity index (χ3v) is 4.81. The van der Waals surface area contributed by atoms with Crippen LogP contribution in [0.1, 0.15) is 63.1 Å². The Labute approximate surface area is 124 Å². The molecule has 0 saturated heterocycles. The van der Waals surface area contributed by atoms with E-state index in [0.29, 0.717) is 6.04 Å². The second-order valence-corrected chi connectivity index (χ2v) is 5.97. The molecule has 112 valence electrons. The van der Waals surface area contributed by atoms with Gasteiger partial charge in [0.25, 0.3) is 0 Å². The van der Waals surface area contributed by atoms with Crippen molar-refractivity contribution in [3.63, 3.8) is 0 Å². The smallest absolute Gasteiger partial charge is 0.0473 e. The molecule has 0 spiro atoms. The van der Waals surface area contributed by atoms with E-state index in [0.717, 1.165) is 25.6 Å². The fourth-order valence-electron chi connectivity index (χ4n) is 3.58. The normalized spacial score (nSPS) is 18.4. The van der Waals surface area contributed by atoms with E-state index in [1.807, 2.05) is 0 Å². The summed E-state index contributed by atoms with van der Waals surface area (Å²) in [6.45, 7) is 6.30. The van der Waals surface area contributed by atoms with Crippen LogP contribution in [-0.2, 0) is 6.42 Å². The van der Waals surface area contributed by atoms with Crippen LogP contribution in [0.4, 0.5) is 0 Å². The highest BCUT2D eigenvalue weighted by molar-refractivity contribution is 5.25. The summed E-state index contributed by atoms with van der Waals surface area (Å²) in [4.78, 5) is 2.64. The van der Waals surface area contributed by atoms with Gasteiger partial charge in [-0.05, 0) is 36.9 Å². The van der Waals surface area contributed by atoms with Crippen LogP contribution in [0.5, 0.6) is 0 Å². The van der Waals surface area contributed by atoms with E-state index in [-0.39, 0.29) is 0 Å². The largest absolute Gasteiger partial charge is 0.329 e. The van der Waals surface area contributed by atoms with Gasteiger partial charge in [-0.15, -0.1) is 0 Å². The van der Waals surface area contributed by atoms with Crippen molar-refractivity contribution in [3.8, 4) is 0 Å². The highest BCUT2D eigenvalue weighted by Crippen LogP contribution is 2.29. The summed E-state index contributed by atoms with van der Waals surface area (Å²) in [5.41, 5.74) is 8.91. The van der Waals surface area contributed by atoms with Gasteiger partial charge in [-0.1, -0.05) is 57.4 Å². The van der Waals surface area contributed by atoms with Crippen molar-refractivity contribution >= 4 is 0 Å². The summed E-state index contributed by atoms with van der Waals surface area (Å²) in [6.07, 6.45) is 7.97. The van der Waals surface area contributed by atoms with Crippen LogP contribution in [0, 0.1) is 0 Å². The average molecular weight is 274 g/mol. The zero-order chi connectivity index (χ0) is 14.4. The highest BCUT2D eigenvalue weighted by atomic mass is 15.2. The van der Waals surface area contributed by atoms with Crippen molar-refractivity contribution in [2.24, 2.45) is 5.73 Å². The summed E-state index contributed by atoms with van der Waals surface area (Å²) in [6, 6.07) is 10.2. The molecule has 0 aliphatic heterocycles. The second-order valence-electron chi connectivity index (χ2n) is 5.97. The molecule has 2 heteroatoms. The van der Waals surface area contributed by atoms with Gasteiger partial charge in [-0.3, -0.25) is 4.90 Å².